The number of rotatable bonds is 3. The van der Waals surface area contributed by atoms with Crippen LogP contribution < -0.4 is 0 Å². The molecule has 2 saturated heterocycles. The van der Waals surface area contributed by atoms with E-state index in [0.29, 0.717) is 13.1 Å². The molecular weight excluding hydrogens is 306 g/mol. The molecule has 2 heterocycles. The largest absolute Gasteiger partial charge is 0.356 e. The van der Waals surface area contributed by atoms with Crippen molar-refractivity contribution in [2.45, 2.75) is 19.1 Å². The Hall–Kier alpha value is -1.92. The monoisotopic (exact) mass is 331 g/mol. The molecule has 0 bridgehead atoms. The predicted octanol–water partition coefficient (Wildman–Crippen LogP) is 0.749. The minimum absolute atomic E-state index is 0.0149. The number of hydrogen-bond donors (Lipinski definition) is 0. The van der Waals surface area contributed by atoms with Gasteiger partial charge in [0.1, 0.15) is 6.61 Å². The van der Waals surface area contributed by atoms with Crippen LogP contribution in [-0.2, 0) is 14.3 Å². The Morgan fingerprint density at radius 2 is 1.83 bits per heavy atom. The molecular formula is C18H25N3O3. The van der Waals surface area contributed by atoms with Crippen molar-refractivity contribution in [2.24, 2.45) is 0 Å². The van der Waals surface area contributed by atoms with Gasteiger partial charge in [-0.1, -0.05) is 37.3 Å². The number of carbonyl (C=O) groups is 2. The van der Waals surface area contributed by atoms with Gasteiger partial charge in [0.25, 0.3) is 5.91 Å². The summed E-state index contributed by atoms with van der Waals surface area (Å²) in [7, 11) is 1.75. The summed E-state index contributed by atoms with van der Waals surface area (Å²) in [6.45, 7) is 6.31. The number of hydrogen-bond acceptors (Lipinski definition) is 4. The third-order valence-electron chi connectivity index (χ3n) is 5.00. The van der Waals surface area contributed by atoms with Crippen LogP contribution in [0.15, 0.2) is 30.3 Å². The zero-order chi connectivity index (χ0) is 17.1. The van der Waals surface area contributed by atoms with Crippen LogP contribution in [0.3, 0.4) is 0 Å². The lowest BCUT2D eigenvalue weighted by Crippen LogP contribution is -2.57. The van der Waals surface area contributed by atoms with Crippen LogP contribution in [0, 0.1) is 0 Å². The van der Waals surface area contributed by atoms with Crippen molar-refractivity contribution < 1.29 is 14.3 Å². The highest BCUT2D eigenvalue weighted by Crippen LogP contribution is 2.30. The van der Waals surface area contributed by atoms with Crippen LogP contribution in [-0.4, -0.2) is 79.0 Å². The van der Waals surface area contributed by atoms with Crippen molar-refractivity contribution in [3.63, 3.8) is 0 Å². The molecule has 3 rings (SSSR count). The maximum Gasteiger partial charge on any atom is 0.254 e. The second-order valence-corrected chi connectivity index (χ2v) is 6.35. The Kier molecular flexibility index (Phi) is 5.16. The van der Waals surface area contributed by atoms with E-state index in [2.05, 4.69) is 11.8 Å². The minimum atomic E-state index is -0.636. The highest BCUT2D eigenvalue weighted by atomic mass is 16.5. The van der Waals surface area contributed by atoms with Gasteiger partial charge in [-0.2, -0.15) is 0 Å². The summed E-state index contributed by atoms with van der Waals surface area (Å²) in [5, 5.41) is 0. The molecule has 0 aliphatic carbocycles. The molecule has 0 radical (unpaired) electrons. The van der Waals surface area contributed by atoms with Crippen molar-refractivity contribution in [1.29, 1.82) is 0 Å². The van der Waals surface area contributed by atoms with Crippen molar-refractivity contribution in [3.8, 4) is 0 Å². The van der Waals surface area contributed by atoms with Gasteiger partial charge in [0, 0.05) is 33.2 Å². The van der Waals surface area contributed by atoms with Crippen LogP contribution in [0.4, 0.5) is 0 Å². The van der Waals surface area contributed by atoms with Crippen LogP contribution >= 0.6 is 0 Å². The van der Waals surface area contributed by atoms with E-state index in [4.69, 9.17) is 4.74 Å². The lowest BCUT2D eigenvalue weighted by Gasteiger charge is -2.42. The molecule has 0 spiro atoms. The quantitative estimate of drug-likeness (QED) is 0.820. The maximum atomic E-state index is 13.0. The van der Waals surface area contributed by atoms with E-state index in [1.54, 1.807) is 11.9 Å². The summed E-state index contributed by atoms with van der Waals surface area (Å²) in [6.07, 6.45) is -0.636. The number of piperazine rings is 1. The molecule has 130 valence electrons. The summed E-state index contributed by atoms with van der Waals surface area (Å²) in [4.78, 5) is 30.9. The van der Waals surface area contributed by atoms with Crippen molar-refractivity contribution in [2.75, 3.05) is 46.4 Å². The molecule has 24 heavy (non-hydrogen) atoms. The number of ether oxygens (including phenoxy) is 1. The topological polar surface area (TPSA) is 53.1 Å². The van der Waals surface area contributed by atoms with Gasteiger partial charge in [-0.15, -0.1) is 0 Å². The van der Waals surface area contributed by atoms with Crippen molar-refractivity contribution in [3.05, 3.63) is 35.9 Å². The summed E-state index contributed by atoms with van der Waals surface area (Å²) in [5.41, 5.74) is 0.929. The smallest absolute Gasteiger partial charge is 0.254 e. The molecule has 1 aromatic carbocycles. The van der Waals surface area contributed by atoms with E-state index in [1.165, 1.54) is 0 Å². The molecule has 2 atom stereocenters. The van der Waals surface area contributed by atoms with E-state index < -0.39 is 6.10 Å². The molecule has 1 aromatic rings. The summed E-state index contributed by atoms with van der Waals surface area (Å²) in [6, 6.07) is 9.28. The van der Waals surface area contributed by atoms with Gasteiger partial charge in [0.2, 0.25) is 5.91 Å². The Bertz CT molecular complexity index is 584. The lowest BCUT2D eigenvalue weighted by atomic mass is 9.97. The summed E-state index contributed by atoms with van der Waals surface area (Å²) in [5.74, 6) is -0.109. The van der Waals surface area contributed by atoms with E-state index in [9.17, 15) is 9.59 Å². The SMILES string of the molecule is CCN1CCN(C(=O)[C@@H]2OCC(=O)N(C)[C@H]2c2ccccc2)CC1. The zero-order valence-electron chi connectivity index (χ0n) is 14.4. The molecule has 0 N–H and O–H groups in total. The number of carbonyl (C=O) groups excluding carboxylic acids is 2. The van der Waals surface area contributed by atoms with Crippen LogP contribution in [0.2, 0.25) is 0 Å². The van der Waals surface area contributed by atoms with Gasteiger partial charge in [0.15, 0.2) is 6.10 Å². The molecule has 2 amide bonds. The number of morpholine rings is 1. The third-order valence-corrected chi connectivity index (χ3v) is 5.00. The molecule has 2 aliphatic heterocycles. The first kappa shape index (κ1) is 16.9. The van der Waals surface area contributed by atoms with Crippen LogP contribution in [0.1, 0.15) is 18.5 Å². The van der Waals surface area contributed by atoms with Crippen molar-refractivity contribution in [1.82, 2.24) is 14.7 Å². The number of amides is 2. The molecule has 6 nitrogen and oxygen atoms in total. The maximum absolute atomic E-state index is 13.0. The lowest BCUT2D eigenvalue weighted by molar-refractivity contribution is -0.168. The first-order valence-corrected chi connectivity index (χ1v) is 8.55. The number of likely N-dealkylation sites (N-methyl/N-ethyl adjacent to an activating group) is 2. The van der Waals surface area contributed by atoms with Crippen LogP contribution in [0.25, 0.3) is 0 Å². The van der Waals surface area contributed by atoms with E-state index >= 15 is 0 Å². The molecule has 6 heteroatoms. The van der Waals surface area contributed by atoms with Gasteiger partial charge >= 0.3 is 0 Å². The Balaban J connectivity index is 1.79. The standard InChI is InChI=1S/C18H25N3O3/c1-3-20-9-11-21(12-10-20)18(23)17-16(14-7-5-4-6-8-14)19(2)15(22)13-24-17/h4-8,16-17H,3,9-13H2,1-2H3/t16-,17+/m0/s1. The normalized spacial score (nSPS) is 25.8. The van der Waals surface area contributed by atoms with E-state index in [1.807, 2.05) is 35.2 Å². The fraction of sp³-hybridized carbons (Fsp3) is 0.556. The van der Waals surface area contributed by atoms with Gasteiger partial charge in [-0.05, 0) is 12.1 Å². The molecule has 2 aliphatic rings. The number of nitrogens with zero attached hydrogens (tertiary/aromatic N) is 3. The minimum Gasteiger partial charge on any atom is -0.356 e. The highest BCUT2D eigenvalue weighted by molar-refractivity contribution is 5.86. The fourth-order valence-electron chi connectivity index (χ4n) is 3.43. The highest BCUT2D eigenvalue weighted by Gasteiger charge is 2.42. The fourth-order valence-corrected chi connectivity index (χ4v) is 3.43. The molecule has 0 unspecified atom stereocenters. The van der Waals surface area contributed by atoms with Gasteiger partial charge in [-0.25, -0.2) is 0 Å². The molecule has 0 saturated carbocycles. The third kappa shape index (κ3) is 3.30. The van der Waals surface area contributed by atoms with Gasteiger partial charge in [-0.3, -0.25) is 9.59 Å². The molecule has 0 aromatic heterocycles. The number of benzene rings is 1. The second kappa shape index (κ2) is 7.32. The van der Waals surface area contributed by atoms with Gasteiger partial charge in [0.05, 0.1) is 6.04 Å². The average molecular weight is 331 g/mol. The predicted molar refractivity (Wildman–Crippen MR) is 90.4 cm³/mol. The first-order valence-electron chi connectivity index (χ1n) is 8.55. The Morgan fingerprint density at radius 3 is 2.46 bits per heavy atom. The van der Waals surface area contributed by atoms with Gasteiger partial charge < -0.3 is 19.4 Å². The summed E-state index contributed by atoms with van der Waals surface area (Å²) >= 11 is 0. The van der Waals surface area contributed by atoms with E-state index in [0.717, 1.165) is 25.2 Å². The van der Waals surface area contributed by atoms with Crippen LogP contribution in [0.5, 0.6) is 0 Å². The Morgan fingerprint density at radius 1 is 1.17 bits per heavy atom. The van der Waals surface area contributed by atoms with Crippen molar-refractivity contribution >= 4 is 11.8 Å². The molecule has 2 fully saturated rings. The summed E-state index contributed by atoms with van der Waals surface area (Å²) < 4.78 is 5.70. The Labute approximate surface area is 143 Å². The zero-order valence-corrected chi connectivity index (χ0v) is 14.4. The second-order valence-electron chi connectivity index (χ2n) is 6.35. The average Bonchev–Trinajstić information content (AvgIpc) is 2.64. The van der Waals surface area contributed by atoms with E-state index in [-0.39, 0.29) is 24.5 Å². The first-order chi connectivity index (χ1) is 11.6.